The Morgan fingerprint density at radius 1 is 1.28 bits per heavy atom. The molecule has 1 aliphatic rings. The summed E-state index contributed by atoms with van der Waals surface area (Å²) in [5, 5.41) is 20.5. The number of esters is 1. The van der Waals surface area contributed by atoms with Gasteiger partial charge in [-0.05, 0) is 31.2 Å². The maximum absolute atomic E-state index is 13.0. The van der Waals surface area contributed by atoms with Crippen LogP contribution in [0.1, 0.15) is 38.2 Å². The molecule has 2 rings (SSSR count). The van der Waals surface area contributed by atoms with Crippen LogP contribution in [0.2, 0.25) is 0 Å². The molecule has 1 saturated heterocycles. The van der Waals surface area contributed by atoms with Crippen molar-refractivity contribution in [3.8, 4) is 0 Å². The number of rotatable bonds is 10. The zero-order valence-electron chi connectivity index (χ0n) is 18.0. The predicted octanol–water partition coefficient (Wildman–Crippen LogP) is 1.76. The van der Waals surface area contributed by atoms with Crippen LogP contribution in [0.25, 0.3) is 0 Å². The van der Waals surface area contributed by atoms with Gasteiger partial charge in [0.05, 0.1) is 0 Å². The fourth-order valence-corrected chi connectivity index (χ4v) is 3.18. The Kier molecular flexibility index (Phi) is 9.63. The van der Waals surface area contributed by atoms with Crippen LogP contribution in [0.4, 0.5) is 4.79 Å². The standard InChI is InChI=1S/C22H30N2O8/c1-2-3-12-19(26)31-15-17(25)22(23,20(27)28)24(18-11-7-8-13-30-18)21(29)32-14-16-9-5-4-6-10-16/h3-6,9-10,12,17-18,25H,2,7-8,11,13-15,23H2,1H3,(H,27,28)/t17-,18?,22+/m1/s1. The summed E-state index contributed by atoms with van der Waals surface area (Å²) in [4.78, 5) is 37.6. The van der Waals surface area contributed by atoms with Crippen LogP contribution < -0.4 is 5.73 Å². The first kappa shape index (κ1) is 25.3. The molecule has 176 valence electrons. The highest BCUT2D eigenvalue weighted by molar-refractivity contribution is 5.85. The minimum absolute atomic E-state index is 0.133. The maximum atomic E-state index is 13.0. The molecule has 0 radical (unpaired) electrons. The molecule has 10 heteroatoms. The normalized spacial score (nSPS) is 19.0. The van der Waals surface area contributed by atoms with E-state index in [-0.39, 0.29) is 13.2 Å². The number of amides is 1. The van der Waals surface area contributed by atoms with Crippen molar-refractivity contribution in [3.63, 3.8) is 0 Å². The van der Waals surface area contributed by atoms with Crippen molar-refractivity contribution >= 4 is 18.0 Å². The quantitative estimate of drug-likeness (QED) is 0.275. The number of nitrogens with zero attached hydrogens (tertiary/aromatic N) is 1. The van der Waals surface area contributed by atoms with Gasteiger partial charge in [-0.15, -0.1) is 0 Å². The number of hydrogen-bond donors (Lipinski definition) is 3. The van der Waals surface area contributed by atoms with Crippen molar-refractivity contribution in [2.45, 2.75) is 57.2 Å². The average molecular weight is 450 g/mol. The molecule has 0 saturated carbocycles. The van der Waals surface area contributed by atoms with Crippen LogP contribution >= 0.6 is 0 Å². The van der Waals surface area contributed by atoms with Gasteiger partial charge >= 0.3 is 18.0 Å². The number of carbonyl (C=O) groups excluding carboxylic acids is 2. The second-order valence-corrected chi connectivity index (χ2v) is 7.32. The lowest BCUT2D eigenvalue weighted by molar-refractivity contribution is -0.185. The summed E-state index contributed by atoms with van der Waals surface area (Å²) in [5.41, 5.74) is 4.12. The average Bonchev–Trinajstić information content (AvgIpc) is 2.81. The Balaban J connectivity index is 2.24. The first-order chi connectivity index (χ1) is 15.3. The second kappa shape index (κ2) is 12.2. The third-order valence-corrected chi connectivity index (χ3v) is 4.97. The van der Waals surface area contributed by atoms with Crippen LogP contribution in [0.15, 0.2) is 42.5 Å². The minimum atomic E-state index is -2.66. The van der Waals surface area contributed by atoms with Crippen molar-refractivity contribution in [1.29, 1.82) is 0 Å². The molecule has 32 heavy (non-hydrogen) atoms. The van der Waals surface area contributed by atoms with Gasteiger partial charge in [-0.3, -0.25) is 10.6 Å². The number of aliphatic hydroxyl groups is 1. The first-order valence-corrected chi connectivity index (χ1v) is 10.5. The molecular weight excluding hydrogens is 420 g/mol. The molecule has 0 bridgehead atoms. The van der Waals surface area contributed by atoms with Gasteiger partial charge < -0.3 is 24.4 Å². The predicted molar refractivity (Wildman–Crippen MR) is 113 cm³/mol. The number of aliphatic hydroxyl groups excluding tert-OH is 1. The Morgan fingerprint density at radius 3 is 2.59 bits per heavy atom. The molecule has 1 aliphatic heterocycles. The highest BCUT2D eigenvalue weighted by Crippen LogP contribution is 2.27. The summed E-state index contributed by atoms with van der Waals surface area (Å²) in [6.45, 7) is 1.23. The maximum Gasteiger partial charge on any atom is 0.414 e. The summed E-state index contributed by atoms with van der Waals surface area (Å²) >= 11 is 0. The Bertz CT molecular complexity index is 794. The van der Waals surface area contributed by atoms with Crippen LogP contribution in [0, 0.1) is 0 Å². The summed E-state index contributed by atoms with van der Waals surface area (Å²) in [6, 6.07) is 8.80. The van der Waals surface area contributed by atoms with E-state index in [4.69, 9.17) is 19.9 Å². The molecule has 3 atom stereocenters. The Morgan fingerprint density at radius 2 is 2.00 bits per heavy atom. The fourth-order valence-electron chi connectivity index (χ4n) is 3.18. The molecular formula is C22H30N2O8. The van der Waals surface area contributed by atoms with Crippen molar-refractivity contribution in [3.05, 3.63) is 48.0 Å². The van der Waals surface area contributed by atoms with Crippen LogP contribution in [-0.4, -0.2) is 64.4 Å². The van der Waals surface area contributed by atoms with Gasteiger partial charge in [0.2, 0.25) is 5.66 Å². The molecule has 1 aromatic rings. The molecule has 1 heterocycles. The second-order valence-electron chi connectivity index (χ2n) is 7.32. The van der Waals surface area contributed by atoms with Gasteiger partial charge in [0.25, 0.3) is 0 Å². The minimum Gasteiger partial charge on any atom is -0.478 e. The molecule has 4 N–H and O–H groups in total. The van der Waals surface area contributed by atoms with Crippen molar-refractivity contribution in [2.75, 3.05) is 13.2 Å². The largest absolute Gasteiger partial charge is 0.478 e. The molecule has 1 unspecified atom stereocenters. The smallest absolute Gasteiger partial charge is 0.414 e. The topological polar surface area (TPSA) is 149 Å². The summed E-state index contributed by atoms with van der Waals surface area (Å²) < 4.78 is 15.8. The van der Waals surface area contributed by atoms with E-state index in [0.29, 0.717) is 29.7 Å². The van der Waals surface area contributed by atoms with Crippen LogP contribution in [0.5, 0.6) is 0 Å². The number of hydrogen-bond acceptors (Lipinski definition) is 8. The number of ether oxygens (including phenoxy) is 3. The number of carboxylic acid groups (broad SMARTS) is 1. The van der Waals surface area contributed by atoms with E-state index in [1.54, 1.807) is 36.4 Å². The molecule has 1 aromatic carbocycles. The zero-order valence-corrected chi connectivity index (χ0v) is 18.0. The Hall–Kier alpha value is -2.95. The molecule has 1 amide bonds. The van der Waals surface area contributed by atoms with Gasteiger partial charge in [0.15, 0.2) is 0 Å². The van der Waals surface area contributed by atoms with E-state index in [1.807, 2.05) is 6.92 Å². The lowest BCUT2D eigenvalue weighted by Crippen LogP contribution is -2.73. The summed E-state index contributed by atoms with van der Waals surface area (Å²) in [6.07, 6.45) is 0.945. The van der Waals surface area contributed by atoms with Gasteiger partial charge in [-0.1, -0.05) is 43.3 Å². The van der Waals surface area contributed by atoms with Gasteiger partial charge in [0, 0.05) is 12.7 Å². The highest BCUT2D eigenvalue weighted by Gasteiger charge is 2.54. The van der Waals surface area contributed by atoms with Crippen molar-refractivity contribution < 1.29 is 38.8 Å². The van der Waals surface area contributed by atoms with Gasteiger partial charge in [-0.2, -0.15) is 0 Å². The number of allylic oxidation sites excluding steroid dienone is 1. The molecule has 0 aromatic heterocycles. The van der Waals surface area contributed by atoms with E-state index < -0.39 is 42.6 Å². The van der Waals surface area contributed by atoms with Crippen molar-refractivity contribution in [2.24, 2.45) is 5.73 Å². The third kappa shape index (κ3) is 6.52. The lowest BCUT2D eigenvalue weighted by atomic mass is 10.0. The first-order valence-electron chi connectivity index (χ1n) is 10.5. The van der Waals surface area contributed by atoms with E-state index in [1.165, 1.54) is 0 Å². The third-order valence-electron chi connectivity index (χ3n) is 4.97. The zero-order chi connectivity index (χ0) is 23.6. The van der Waals surface area contributed by atoms with E-state index in [9.17, 15) is 24.6 Å². The molecule has 1 fully saturated rings. The highest BCUT2D eigenvalue weighted by atomic mass is 16.6. The number of aliphatic carboxylic acids is 1. The number of carboxylic acids is 1. The molecule has 0 spiro atoms. The summed E-state index contributed by atoms with van der Waals surface area (Å²) in [5.74, 6) is -2.47. The van der Waals surface area contributed by atoms with Gasteiger partial charge in [-0.25, -0.2) is 14.4 Å². The van der Waals surface area contributed by atoms with Crippen LogP contribution in [0.3, 0.4) is 0 Å². The number of carbonyl (C=O) groups is 3. The van der Waals surface area contributed by atoms with Gasteiger partial charge in [0.1, 0.15) is 25.5 Å². The van der Waals surface area contributed by atoms with E-state index in [0.717, 1.165) is 12.5 Å². The Labute approximate surface area is 186 Å². The monoisotopic (exact) mass is 450 g/mol. The fraction of sp³-hybridized carbons (Fsp3) is 0.500. The molecule has 10 nitrogen and oxygen atoms in total. The van der Waals surface area contributed by atoms with Crippen molar-refractivity contribution in [1.82, 2.24) is 4.90 Å². The SMILES string of the molecule is CCC=CC(=O)OC[C@@H](O)[C@@](N)(C(=O)O)N(C(=O)OCc1ccccc1)C1CCCCO1. The molecule has 0 aliphatic carbocycles. The summed E-state index contributed by atoms with van der Waals surface area (Å²) in [7, 11) is 0. The van der Waals surface area contributed by atoms with E-state index in [2.05, 4.69) is 0 Å². The number of nitrogens with two attached hydrogens (primary N) is 1. The number of benzene rings is 1. The van der Waals surface area contributed by atoms with Crippen LogP contribution in [-0.2, 0) is 30.4 Å². The lowest BCUT2D eigenvalue weighted by Gasteiger charge is -2.44. The van der Waals surface area contributed by atoms with E-state index >= 15 is 0 Å².